The van der Waals surface area contributed by atoms with E-state index in [-0.39, 0.29) is 20.3 Å². The summed E-state index contributed by atoms with van der Waals surface area (Å²) < 4.78 is 29.1. The fourth-order valence-electron chi connectivity index (χ4n) is 1.56. The van der Waals surface area contributed by atoms with E-state index in [1.807, 2.05) is 6.07 Å². The largest absolute Gasteiger partial charge is 0.465 e. The zero-order valence-electron chi connectivity index (χ0n) is 12.0. The number of anilines is 1. The number of sulfone groups is 1. The first kappa shape index (κ1) is 17.6. The van der Waals surface area contributed by atoms with E-state index in [0.29, 0.717) is 0 Å². The predicted molar refractivity (Wildman–Crippen MR) is 88.5 cm³/mol. The molecule has 0 aliphatic carbocycles. The van der Waals surface area contributed by atoms with E-state index in [2.05, 4.69) is 15.3 Å². The van der Waals surface area contributed by atoms with Crippen molar-refractivity contribution in [3.8, 4) is 12.1 Å². The zero-order chi connectivity index (χ0) is 17.7. The molecule has 0 amide bonds. The molecule has 2 aromatic heterocycles. The Morgan fingerprint density at radius 1 is 1.38 bits per heavy atom. The first-order valence-corrected chi connectivity index (χ1v) is 9.32. The van der Waals surface area contributed by atoms with Crippen molar-refractivity contribution in [2.45, 2.75) is 4.21 Å². The summed E-state index contributed by atoms with van der Waals surface area (Å²) in [5.41, 5.74) is 2.39. The van der Waals surface area contributed by atoms with Crippen molar-refractivity contribution in [2.75, 3.05) is 12.5 Å². The van der Waals surface area contributed by atoms with Crippen LogP contribution in [0.15, 0.2) is 32.2 Å². The first-order chi connectivity index (χ1) is 11.5. The molecule has 0 bridgehead atoms. The molecule has 0 saturated carbocycles. The lowest BCUT2D eigenvalue weighted by molar-refractivity contribution is 0.0607. The van der Waals surface area contributed by atoms with Crippen LogP contribution in [0.2, 0.25) is 0 Å². The molecule has 24 heavy (non-hydrogen) atoms. The van der Waals surface area contributed by atoms with Gasteiger partial charge in [-0.05, 0) is 11.4 Å². The molecule has 0 aromatic carbocycles. The number of carbonyl (C=O) groups is 1. The van der Waals surface area contributed by atoms with Gasteiger partial charge in [-0.3, -0.25) is 5.43 Å². The van der Waals surface area contributed by atoms with E-state index < -0.39 is 20.9 Å². The quantitative estimate of drug-likeness (QED) is 0.372. The average Bonchev–Trinajstić information content (AvgIpc) is 3.24. The van der Waals surface area contributed by atoms with Gasteiger partial charge < -0.3 is 4.74 Å². The standard InChI is InChI=1S/C13H8N4O4S3/c1-21-13(18)12-11(8(5-14)7-23-12)17-16-9(6-15)24(19,20)10-3-2-4-22-10/h2-4,7,17H,1H3. The maximum atomic E-state index is 12.3. The highest BCUT2D eigenvalue weighted by Gasteiger charge is 2.25. The number of rotatable bonds is 4. The second-order valence-electron chi connectivity index (χ2n) is 4.03. The third kappa shape index (κ3) is 3.28. The molecule has 0 aliphatic rings. The van der Waals surface area contributed by atoms with Crippen LogP contribution >= 0.6 is 22.7 Å². The Kier molecular flexibility index (Phi) is 5.31. The molecule has 122 valence electrons. The van der Waals surface area contributed by atoms with Crippen LogP contribution in [0.3, 0.4) is 0 Å². The van der Waals surface area contributed by atoms with Crippen LogP contribution in [0.1, 0.15) is 15.2 Å². The van der Waals surface area contributed by atoms with Gasteiger partial charge in [0.15, 0.2) is 0 Å². The minimum Gasteiger partial charge on any atom is -0.465 e. The molecule has 2 aromatic rings. The number of hydrogen-bond donors (Lipinski definition) is 1. The summed E-state index contributed by atoms with van der Waals surface area (Å²) >= 11 is 1.88. The van der Waals surface area contributed by atoms with Crippen molar-refractivity contribution < 1.29 is 17.9 Å². The highest BCUT2D eigenvalue weighted by atomic mass is 32.2. The summed E-state index contributed by atoms with van der Waals surface area (Å²) in [5, 5.41) is 23.9. The topological polar surface area (TPSA) is 132 Å². The SMILES string of the molecule is COC(=O)c1scc(C#N)c1NN=C(C#N)S(=O)(=O)c1cccs1. The van der Waals surface area contributed by atoms with Gasteiger partial charge in [-0.1, -0.05) is 6.07 Å². The van der Waals surface area contributed by atoms with Crippen LogP contribution in [0.25, 0.3) is 0 Å². The molecule has 0 spiro atoms. The number of nitrogens with one attached hydrogen (secondary N) is 1. The summed E-state index contributed by atoms with van der Waals surface area (Å²) in [7, 11) is -2.90. The summed E-state index contributed by atoms with van der Waals surface area (Å²) in [6.07, 6.45) is 0. The molecule has 8 nitrogen and oxygen atoms in total. The third-order valence-corrected chi connectivity index (χ3v) is 6.59. The molecular weight excluding hydrogens is 372 g/mol. The second-order valence-corrected chi connectivity index (χ2v) is 7.95. The summed E-state index contributed by atoms with van der Waals surface area (Å²) in [6.45, 7) is 0. The Balaban J connectivity index is 2.43. The van der Waals surface area contributed by atoms with Crippen LogP contribution in [0, 0.1) is 22.7 Å². The van der Waals surface area contributed by atoms with Gasteiger partial charge in [0.1, 0.15) is 21.2 Å². The van der Waals surface area contributed by atoms with Crippen molar-refractivity contribution in [3.05, 3.63) is 33.3 Å². The zero-order valence-corrected chi connectivity index (χ0v) is 14.5. The lowest BCUT2D eigenvalue weighted by atomic mass is 10.3. The molecular formula is C13H8N4O4S3. The Bertz CT molecular complexity index is 976. The monoisotopic (exact) mass is 380 g/mol. The first-order valence-electron chi connectivity index (χ1n) is 6.08. The fraction of sp³-hybridized carbons (Fsp3) is 0.0769. The van der Waals surface area contributed by atoms with E-state index in [1.54, 1.807) is 5.38 Å². The fourth-order valence-corrected chi connectivity index (χ4v) is 4.51. The van der Waals surface area contributed by atoms with Crippen molar-refractivity contribution >= 4 is 49.2 Å². The Hall–Kier alpha value is -2.73. The van der Waals surface area contributed by atoms with Crippen LogP contribution in [-0.4, -0.2) is 26.5 Å². The second kappa shape index (κ2) is 7.23. The van der Waals surface area contributed by atoms with Crippen LogP contribution < -0.4 is 5.43 Å². The van der Waals surface area contributed by atoms with Crippen molar-refractivity contribution in [1.29, 1.82) is 10.5 Å². The molecule has 0 aliphatic heterocycles. The van der Waals surface area contributed by atoms with Gasteiger partial charge >= 0.3 is 5.97 Å². The normalized spacial score (nSPS) is 11.4. The van der Waals surface area contributed by atoms with E-state index in [9.17, 15) is 13.2 Å². The summed E-state index contributed by atoms with van der Waals surface area (Å²) in [4.78, 5) is 11.7. The van der Waals surface area contributed by atoms with Crippen molar-refractivity contribution in [2.24, 2.45) is 5.10 Å². The van der Waals surface area contributed by atoms with Gasteiger partial charge in [-0.15, -0.1) is 22.7 Å². The van der Waals surface area contributed by atoms with Crippen LogP contribution in [0.4, 0.5) is 5.69 Å². The number of esters is 1. The smallest absolute Gasteiger partial charge is 0.350 e. The van der Waals surface area contributed by atoms with Crippen molar-refractivity contribution in [1.82, 2.24) is 0 Å². The molecule has 0 radical (unpaired) electrons. The Morgan fingerprint density at radius 3 is 2.67 bits per heavy atom. The minimum absolute atomic E-state index is 0.0107. The third-order valence-electron chi connectivity index (χ3n) is 2.66. The molecule has 0 saturated heterocycles. The lowest BCUT2D eigenvalue weighted by Crippen LogP contribution is -2.14. The van der Waals surface area contributed by atoms with Crippen LogP contribution in [-0.2, 0) is 14.6 Å². The number of hydrogen-bond acceptors (Lipinski definition) is 10. The Labute approximate surface area is 145 Å². The van der Waals surface area contributed by atoms with E-state index >= 15 is 0 Å². The number of hydrazone groups is 1. The molecule has 0 fully saturated rings. The number of thiophene rings is 2. The Morgan fingerprint density at radius 2 is 2.12 bits per heavy atom. The highest BCUT2D eigenvalue weighted by Crippen LogP contribution is 2.29. The molecule has 11 heteroatoms. The molecule has 1 N–H and O–H groups in total. The van der Waals surface area contributed by atoms with Gasteiger partial charge in [0.25, 0.3) is 5.04 Å². The summed E-state index contributed by atoms with van der Waals surface area (Å²) in [6, 6.07) is 6.22. The molecule has 2 rings (SSSR count). The predicted octanol–water partition coefficient (Wildman–Crippen LogP) is 2.19. The highest BCUT2D eigenvalue weighted by molar-refractivity contribution is 8.08. The van der Waals surface area contributed by atoms with Gasteiger partial charge in [0, 0.05) is 5.38 Å². The molecule has 0 atom stereocenters. The van der Waals surface area contributed by atoms with Gasteiger partial charge in [-0.25, -0.2) is 13.2 Å². The van der Waals surface area contributed by atoms with E-state index in [4.69, 9.17) is 10.5 Å². The molecule has 0 unspecified atom stereocenters. The lowest BCUT2D eigenvalue weighted by Gasteiger charge is -2.03. The number of carbonyl (C=O) groups excluding carboxylic acids is 1. The van der Waals surface area contributed by atoms with Crippen LogP contribution in [0.5, 0.6) is 0 Å². The van der Waals surface area contributed by atoms with Gasteiger partial charge in [-0.2, -0.15) is 15.6 Å². The van der Waals surface area contributed by atoms with Gasteiger partial charge in [0.2, 0.25) is 9.84 Å². The van der Waals surface area contributed by atoms with E-state index in [1.165, 1.54) is 30.7 Å². The summed E-state index contributed by atoms with van der Waals surface area (Å²) in [5.74, 6) is -0.709. The number of methoxy groups -OCH3 is 1. The van der Waals surface area contributed by atoms with Gasteiger partial charge in [0.05, 0.1) is 18.4 Å². The maximum Gasteiger partial charge on any atom is 0.350 e. The molecule has 2 heterocycles. The number of nitrogens with zero attached hydrogens (tertiary/aromatic N) is 3. The van der Waals surface area contributed by atoms with E-state index in [0.717, 1.165) is 22.7 Å². The maximum absolute atomic E-state index is 12.3. The minimum atomic E-state index is -4.07. The average molecular weight is 380 g/mol. The number of ether oxygens (including phenoxy) is 1. The number of nitriles is 2. The van der Waals surface area contributed by atoms with Crippen molar-refractivity contribution in [3.63, 3.8) is 0 Å².